The van der Waals surface area contributed by atoms with E-state index >= 15 is 0 Å². The third-order valence-electron chi connectivity index (χ3n) is 1.98. The van der Waals surface area contributed by atoms with Gasteiger partial charge in [-0.05, 0) is 19.3 Å². The first-order valence-electron chi connectivity index (χ1n) is 3.74. The molecule has 65 valence electrons. The van der Waals surface area contributed by atoms with E-state index in [4.69, 9.17) is 15.4 Å². The molecule has 0 heterocycles. The number of nitrogens with zero attached hydrogens (tertiary/aromatic N) is 2. The van der Waals surface area contributed by atoms with Crippen LogP contribution < -0.4 is 0 Å². The van der Waals surface area contributed by atoms with Gasteiger partial charge in [-0.1, -0.05) is 10.3 Å². The van der Waals surface area contributed by atoms with E-state index in [2.05, 4.69) is 10.3 Å². The van der Waals surface area contributed by atoms with Crippen LogP contribution in [0.25, 0.3) is 0 Å². The SMILES string of the molecule is O[B]C1CCCC(=NO)C1=NO. The summed E-state index contributed by atoms with van der Waals surface area (Å²) >= 11 is 0. The summed E-state index contributed by atoms with van der Waals surface area (Å²) in [6.45, 7) is 0. The van der Waals surface area contributed by atoms with Gasteiger partial charge in [0.15, 0.2) is 0 Å². The molecule has 0 aromatic heterocycles. The molecule has 0 aromatic carbocycles. The van der Waals surface area contributed by atoms with Gasteiger partial charge in [-0.2, -0.15) is 0 Å². The largest absolute Gasteiger partial charge is 0.453 e. The van der Waals surface area contributed by atoms with Crippen LogP contribution in [0.4, 0.5) is 0 Å². The first-order chi connectivity index (χ1) is 5.83. The number of hydrogen-bond acceptors (Lipinski definition) is 5. The van der Waals surface area contributed by atoms with E-state index in [0.717, 1.165) is 20.3 Å². The molecule has 1 unspecified atom stereocenters. The van der Waals surface area contributed by atoms with Crippen LogP contribution in [0.3, 0.4) is 0 Å². The average molecular weight is 169 g/mol. The molecule has 1 atom stereocenters. The lowest BCUT2D eigenvalue weighted by Crippen LogP contribution is -2.28. The third-order valence-corrected chi connectivity index (χ3v) is 1.98. The Hall–Kier alpha value is -1.04. The maximum absolute atomic E-state index is 8.75. The quantitative estimate of drug-likeness (QED) is 0.298. The van der Waals surface area contributed by atoms with Gasteiger partial charge >= 0.3 is 0 Å². The molecule has 1 aliphatic carbocycles. The molecule has 0 aromatic rings. The van der Waals surface area contributed by atoms with E-state index < -0.39 is 0 Å². The molecular formula is C6H10BN2O3. The maximum Gasteiger partial charge on any atom is 0.297 e. The van der Waals surface area contributed by atoms with Crippen molar-refractivity contribution in [2.75, 3.05) is 0 Å². The van der Waals surface area contributed by atoms with Crippen molar-refractivity contribution in [3.63, 3.8) is 0 Å². The highest BCUT2D eigenvalue weighted by Gasteiger charge is 2.27. The standard InChI is InChI=1S/C6H10BN2O3/c10-7-4-2-1-3-5(8-11)6(4)9-12/h4,10-12H,1-3H2. The minimum absolute atomic E-state index is 0.256. The normalized spacial score (nSPS) is 30.9. The van der Waals surface area contributed by atoms with Gasteiger partial charge in [0.25, 0.3) is 7.48 Å². The highest BCUT2D eigenvalue weighted by Crippen LogP contribution is 2.23. The first-order valence-corrected chi connectivity index (χ1v) is 3.74. The van der Waals surface area contributed by atoms with Crippen molar-refractivity contribution >= 4 is 18.9 Å². The second-order valence-corrected chi connectivity index (χ2v) is 2.68. The van der Waals surface area contributed by atoms with Crippen molar-refractivity contribution in [3.05, 3.63) is 0 Å². The molecule has 6 heteroatoms. The zero-order valence-corrected chi connectivity index (χ0v) is 6.51. The summed E-state index contributed by atoms with van der Waals surface area (Å²) in [7, 11) is 0.958. The fourth-order valence-electron chi connectivity index (χ4n) is 1.35. The summed E-state index contributed by atoms with van der Waals surface area (Å²) in [5.74, 6) is -0.311. The summed E-state index contributed by atoms with van der Waals surface area (Å²) in [5.41, 5.74) is 0.602. The fraction of sp³-hybridized carbons (Fsp3) is 0.667. The Morgan fingerprint density at radius 3 is 2.58 bits per heavy atom. The van der Waals surface area contributed by atoms with Gasteiger partial charge in [0, 0.05) is 5.82 Å². The van der Waals surface area contributed by atoms with E-state index in [9.17, 15) is 0 Å². The van der Waals surface area contributed by atoms with Crippen molar-refractivity contribution in [1.29, 1.82) is 0 Å². The summed E-state index contributed by atoms with van der Waals surface area (Å²) < 4.78 is 0. The Balaban J connectivity index is 2.81. The predicted octanol–water partition coefficient (Wildman–Crippen LogP) is 0.231. The molecule has 0 bridgehead atoms. The second kappa shape index (κ2) is 4.11. The predicted molar refractivity (Wildman–Crippen MR) is 44.0 cm³/mol. The summed E-state index contributed by atoms with van der Waals surface area (Å²) in [4.78, 5) is 0. The van der Waals surface area contributed by atoms with Gasteiger partial charge in [-0.15, -0.1) is 0 Å². The topological polar surface area (TPSA) is 85.4 Å². The van der Waals surface area contributed by atoms with E-state index in [1.54, 1.807) is 0 Å². The van der Waals surface area contributed by atoms with Gasteiger partial charge < -0.3 is 15.4 Å². The summed E-state index contributed by atoms with van der Waals surface area (Å²) in [5, 5.41) is 31.8. The van der Waals surface area contributed by atoms with Gasteiger partial charge in [0.05, 0.1) is 0 Å². The van der Waals surface area contributed by atoms with Crippen molar-refractivity contribution in [2.24, 2.45) is 10.3 Å². The highest BCUT2D eigenvalue weighted by atomic mass is 16.4. The highest BCUT2D eigenvalue weighted by molar-refractivity contribution is 6.54. The lowest BCUT2D eigenvalue weighted by molar-refractivity contribution is 0.310. The molecule has 1 radical (unpaired) electrons. The number of hydrogen-bond donors (Lipinski definition) is 3. The van der Waals surface area contributed by atoms with Crippen LogP contribution >= 0.6 is 0 Å². The molecule has 3 N–H and O–H groups in total. The third kappa shape index (κ3) is 1.58. The molecule has 0 saturated heterocycles. The first kappa shape index (κ1) is 9.06. The zero-order chi connectivity index (χ0) is 8.97. The molecule has 1 saturated carbocycles. The van der Waals surface area contributed by atoms with Crippen LogP contribution in [0, 0.1) is 0 Å². The van der Waals surface area contributed by atoms with E-state index in [1.165, 1.54) is 0 Å². The number of rotatable bonds is 1. The minimum atomic E-state index is -0.311. The molecule has 1 rings (SSSR count). The Kier molecular flexibility index (Phi) is 3.10. The van der Waals surface area contributed by atoms with Crippen LogP contribution in [0.15, 0.2) is 10.3 Å². The van der Waals surface area contributed by atoms with Crippen LogP contribution in [0.1, 0.15) is 19.3 Å². The van der Waals surface area contributed by atoms with E-state index in [-0.39, 0.29) is 11.5 Å². The van der Waals surface area contributed by atoms with E-state index in [1.807, 2.05) is 0 Å². The van der Waals surface area contributed by atoms with Crippen molar-refractivity contribution in [1.82, 2.24) is 0 Å². The lowest BCUT2D eigenvalue weighted by atomic mass is 9.69. The Morgan fingerprint density at radius 1 is 1.33 bits per heavy atom. The molecule has 1 aliphatic rings. The molecule has 0 amide bonds. The van der Waals surface area contributed by atoms with Crippen molar-refractivity contribution in [3.8, 4) is 0 Å². The lowest BCUT2D eigenvalue weighted by Gasteiger charge is -2.20. The van der Waals surface area contributed by atoms with Crippen molar-refractivity contribution < 1.29 is 15.4 Å². The van der Waals surface area contributed by atoms with Gasteiger partial charge in [-0.25, -0.2) is 0 Å². The number of oxime groups is 2. The minimum Gasteiger partial charge on any atom is -0.453 e. The molecule has 0 aliphatic heterocycles. The summed E-state index contributed by atoms with van der Waals surface area (Å²) in [6, 6.07) is 0. The molecule has 0 spiro atoms. The van der Waals surface area contributed by atoms with Crippen LogP contribution in [0.2, 0.25) is 5.82 Å². The van der Waals surface area contributed by atoms with Gasteiger partial charge in [0.1, 0.15) is 11.4 Å². The molecule has 1 fully saturated rings. The average Bonchev–Trinajstić information content (AvgIpc) is 2.16. The molecule has 12 heavy (non-hydrogen) atoms. The molecule has 5 nitrogen and oxygen atoms in total. The van der Waals surface area contributed by atoms with Gasteiger partial charge in [-0.3, -0.25) is 0 Å². The van der Waals surface area contributed by atoms with Gasteiger partial charge in [0.2, 0.25) is 0 Å². The smallest absolute Gasteiger partial charge is 0.297 e. The van der Waals surface area contributed by atoms with Crippen molar-refractivity contribution in [2.45, 2.75) is 25.1 Å². The Labute approximate surface area is 70.7 Å². The van der Waals surface area contributed by atoms with Crippen LogP contribution in [-0.2, 0) is 0 Å². The monoisotopic (exact) mass is 169 g/mol. The second-order valence-electron chi connectivity index (χ2n) is 2.68. The van der Waals surface area contributed by atoms with Crippen LogP contribution in [-0.4, -0.2) is 34.3 Å². The molecular weight excluding hydrogens is 159 g/mol. The summed E-state index contributed by atoms with van der Waals surface area (Å²) in [6.07, 6.45) is 2.12. The Morgan fingerprint density at radius 2 is 2.08 bits per heavy atom. The maximum atomic E-state index is 8.75. The van der Waals surface area contributed by atoms with Crippen LogP contribution in [0.5, 0.6) is 0 Å². The zero-order valence-electron chi connectivity index (χ0n) is 6.51. The Bertz CT molecular complexity index is 217. The fourth-order valence-corrected chi connectivity index (χ4v) is 1.35. The van der Waals surface area contributed by atoms with E-state index in [0.29, 0.717) is 12.1 Å².